The van der Waals surface area contributed by atoms with E-state index in [1.807, 2.05) is 23.1 Å². The molecule has 1 aromatic rings. The van der Waals surface area contributed by atoms with Crippen LogP contribution in [0.4, 0.5) is 0 Å². The van der Waals surface area contributed by atoms with Gasteiger partial charge >= 0.3 is 0 Å². The normalized spacial score (nSPS) is 20.0. The van der Waals surface area contributed by atoms with Crippen LogP contribution in [0.3, 0.4) is 0 Å². The average molecular weight is 302 g/mol. The van der Waals surface area contributed by atoms with Gasteiger partial charge in [-0.3, -0.25) is 9.59 Å². The third-order valence-electron chi connectivity index (χ3n) is 4.58. The second-order valence-electron chi connectivity index (χ2n) is 6.74. The number of nitrogens with one attached hydrogen (secondary N) is 1. The third kappa shape index (κ3) is 3.49. The lowest BCUT2D eigenvalue weighted by atomic mass is 10.0. The molecule has 0 saturated carbocycles. The summed E-state index contributed by atoms with van der Waals surface area (Å²) < 4.78 is 0. The lowest BCUT2D eigenvalue weighted by molar-refractivity contribution is -0.136. The van der Waals surface area contributed by atoms with Crippen LogP contribution in [0.5, 0.6) is 0 Å². The fraction of sp³-hybridized carbons (Fsp3) is 0.556. The van der Waals surface area contributed by atoms with E-state index < -0.39 is 0 Å². The number of amides is 2. The molecule has 4 heteroatoms. The maximum absolute atomic E-state index is 12.6. The van der Waals surface area contributed by atoms with E-state index in [0.29, 0.717) is 24.4 Å². The summed E-state index contributed by atoms with van der Waals surface area (Å²) in [6.45, 7) is 6.40. The Hall–Kier alpha value is -1.84. The maximum Gasteiger partial charge on any atom is 0.251 e. The monoisotopic (exact) mass is 302 g/mol. The van der Waals surface area contributed by atoms with Crippen LogP contribution in [-0.4, -0.2) is 35.3 Å². The van der Waals surface area contributed by atoms with Crippen LogP contribution in [0.1, 0.15) is 56.0 Å². The van der Waals surface area contributed by atoms with Crippen molar-refractivity contribution in [1.82, 2.24) is 10.2 Å². The highest BCUT2D eigenvalue weighted by molar-refractivity contribution is 5.94. The summed E-state index contributed by atoms with van der Waals surface area (Å²) in [6.07, 6.45) is 3.30. The Morgan fingerprint density at radius 2 is 2.09 bits per heavy atom. The van der Waals surface area contributed by atoms with Crippen molar-refractivity contribution in [2.75, 3.05) is 7.05 Å². The van der Waals surface area contributed by atoms with Crippen LogP contribution in [0.25, 0.3) is 0 Å². The number of carbonyl (C=O) groups excluding carboxylic acids is 2. The topological polar surface area (TPSA) is 49.4 Å². The van der Waals surface area contributed by atoms with Gasteiger partial charge in [-0.2, -0.15) is 0 Å². The molecule has 1 heterocycles. The van der Waals surface area contributed by atoms with Crippen molar-refractivity contribution in [1.29, 1.82) is 0 Å². The Morgan fingerprint density at radius 3 is 2.68 bits per heavy atom. The molecular formula is C18H26N2O2. The first-order valence-electron chi connectivity index (χ1n) is 7.98. The van der Waals surface area contributed by atoms with Crippen LogP contribution in [0.15, 0.2) is 24.3 Å². The highest BCUT2D eigenvalue weighted by Gasteiger charge is 2.39. The highest BCUT2D eigenvalue weighted by Crippen LogP contribution is 2.33. The fourth-order valence-corrected chi connectivity index (χ4v) is 3.38. The first-order chi connectivity index (χ1) is 10.3. The van der Waals surface area contributed by atoms with Gasteiger partial charge in [-0.15, -0.1) is 0 Å². The molecule has 1 atom stereocenters. The van der Waals surface area contributed by atoms with Gasteiger partial charge in [0.15, 0.2) is 0 Å². The Kier molecular flexibility index (Phi) is 4.89. The van der Waals surface area contributed by atoms with E-state index in [2.05, 4.69) is 26.1 Å². The smallest absolute Gasteiger partial charge is 0.251 e. The summed E-state index contributed by atoms with van der Waals surface area (Å²) in [4.78, 5) is 26.3. The van der Waals surface area contributed by atoms with E-state index in [1.165, 1.54) is 0 Å². The van der Waals surface area contributed by atoms with Gasteiger partial charge in [0, 0.05) is 30.6 Å². The number of carbonyl (C=O) groups is 2. The summed E-state index contributed by atoms with van der Waals surface area (Å²) in [5.74, 6) is 0.114. The predicted octanol–water partition coefficient (Wildman–Crippen LogP) is 2.77. The fourth-order valence-electron chi connectivity index (χ4n) is 3.38. The van der Waals surface area contributed by atoms with Crippen molar-refractivity contribution in [3.05, 3.63) is 35.4 Å². The van der Waals surface area contributed by atoms with Gasteiger partial charge in [0.25, 0.3) is 5.91 Å². The van der Waals surface area contributed by atoms with Crippen molar-refractivity contribution >= 4 is 11.8 Å². The van der Waals surface area contributed by atoms with E-state index in [-0.39, 0.29) is 17.4 Å². The molecule has 0 spiro atoms. The first kappa shape index (κ1) is 16.5. The van der Waals surface area contributed by atoms with Crippen LogP contribution < -0.4 is 5.32 Å². The van der Waals surface area contributed by atoms with Gasteiger partial charge in [-0.25, -0.2) is 0 Å². The Bertz CT molecular complexity index is 566. The number of nitrogens with zero attached hydrogens (tertiary/aromatic N) is 1. The van der Waals surface area contributed by atoms with Gasteiger partial charge in [-0.1, -0.05) is 12.1 Å². The quantitative estimate of drug-likeness (QED) is 0.929. The van der Waals surface area contributed by atoms with E-state index in [0.717, 1.165) is 18.4 Å². The van der Waals surface area contributed by atoms with Crippen molar-refractivity contribution in [3.63, 3.8) is 0 Å². The van der Waals surface area contributed by atoms with Crippen LogP contribution in [0.2, 0.25) is 0 Å². The van der Waals surface area contributed by atoms with Crippen molar-refractivity contribution in [2.45, 2.75) is 58.0 Å². The molecule has 2 amide bonds. The predicted molar refractivity (Wildman–Crippen MR) is 87.8 cm³/mol. The molecule has 0 bridgehead atoms. The molecule has 0 radical (unpaired) electrons. The minimum atomic E-state index is -0.0949. The second kappa shape index (κ2) is 6.51. The average Bonchev–Trinajstić information content (AvgIpc) is 2.77. The Morgan fingerprint density at radius 1 is 1.36 bits per heavy atom. The zero-order valence-electron chi connectivity index (χ0n) is 14.0. The molecule has 2 rings (SSSR count). The summed E-state index contributed by atoms with van der Waals surface area (Å²) in [5.41, 5.74) is 1.63. The van der Waals surface area contributed by atoms with Crippen molar-refractivity contribution < 1.29 is 9.59 Å². The van der Waals surface area contributed by atoms with E-state index >= 15 is 0 Å². The number of rotatable bonds is 4. The van der Waals surface area contributed by atoms with Gasteiger partial charge in [-0.05, 0) is 57.7 Å². The number of hydrogen-bond donors (Lipinski definition) is 1. The molecule has 1 N–H and O–H groups in total. The molecule has 1 unspecified atom stereocenters. The van der Waals surface area contributed by atoms with Crippen LogP contribution >= 0.6 is 0 Å². The zero-order chi connectivity index (χ0) is 16.3. The molecule has 1 aliphatic rings. The molecule has 22 heavy (non-hydrogen) atoms. The summed E-state index contributed by atoms with van der Waals surface area (Å²) in [7, 11) is 1.62. The highest BCUT2D eigenvalue weighted by atomic mass is 16.2. The van der Waals surface area contributed by atoms with Gasteiger partial charge in [0.2, 0.25) is 5.91 Å². The molecule has 4 nitrogen and oxygen atoms in total. The molecule has 1 saturated heterocycles. The van der Waals surface area contributed by atoms with Crippen molar-refractivity contribution in [2.24, 2.45) is 0 Å². The number of hydrogen-bond acceptors (Lipinski definition) is 2. The van der Waals surface area contributed by atoms with E-state index in [4.69, 9.17) is 0 Å². The molecule has 0 aromatic heterocycles. The lowest BCUT2D eigenvalue weighted by Gasteiger charge is -2.35. The molecule has 1 fully saturated rings. The summed E-state index contributed by atoms with van der Waals surface area (Å²) >= 11 is 0. The largest absolute Gasteiger partial charge is 0.355 e. The van der Waals surface area contributed by atoms with Gasteiger partial charge < -0.3 is 10.2 Å². The SMILES string of the molecule is CNC(=O)c1cccc(CCC(=O)N2C(C)CCC2(C)C)c1. The first-order valence-corrected chi connectivity index (χ1v) is 7.98. The minimum absolute atomic E-state index is 0.0412. The lowest BCUT2D eigenvalue weighted by Crippen LogP contribution is -2.46. The zero-order valence-corrected chi connectivity index (χ0v) is 14.0. The van der Waals surface area contributed by atoms with E-state index in [1.54, 1.807) is 13.1 Å². The standard InChI is InChI=1S/C18H26N2O2/c1-13-10-11-18(2,3)20(13)16(21)9-8-14-6-5-7-15(12-14)17(22)19-4/h5-7,12-13H,8-11H2,1-4H3,(H,19,22). The molecule has 1 aromatic carbocycles. The van der Waals surface area contributed by atoms with Gasteiger partial charge in [0.1, 0.15) is 0 Å². The Labute approximate surface area is 132 Å². The molecular weight excluding hydrogens is 276 g/mol. The van der Waals surface area contributed by atoms with Crippen LogP contribution in [0, 0.1) is 0 Å². The maximum atomic E-state index is 12.6. The summed E-state index contributed by atoms with van der Waals surface area (Å²) in [6, 6.07) is 7.81. The van der Waals surface area contributed by atoms with Crippen molar-refractivity contribution in [3.8, 4) is 0 Å². The minimum Gasteiger partial charge on any atom is -0.355 e. The number of likely N-dealkylation sites (tertiary alicyclic amines) is 1. The molecule has 0 aliphatic carbocycles. The number of benzene rings is 1. The third-order valence-corrected chi connectivity index (χ3v) is 4.58. The van der Waals surface area contributed by atoms with E-state index in [9.17, 15) is 9.59 Å². The molecule has 120 valence electrons. The second-order valence-corrected chi connectivity index (χ2v) is 6.74. The van der Waals surface area contributed by atoms with Gasteiger partial charge in [0.05, 0.1) is 0 Å². The van der Waals surface area contributed by atoms with Crippen LogP contribution in [-0.2, 0) is 11.2 Å². The summed E-state index contributed by atoms with van der Waals surface area (Å²) in [5, 5.41) is 2.62. The Balaban J connectivity index is 2.01. The molecule has 1 aliphatic heterocycles. The number of aryl methyl sites for hydroxylation is 1.